The number of nitrogens with zero attached hydrogens (tertiary/aromatic N) is 2. The van der Waals surface area contributed by atoms with Crippen molar-refractivity contribution < 1.29 is 28.2 Å². The van der Waals surface area contributed by atoms with Gasteiger partial charge in [0.15, 0.2) is 11.5 Å². The molecule has 0 aliphatic carbocycles. The van der Waals surface area contributed by atoms with Crippen LogP contribution in [0.1, 0.15) is 22.3 Å². The second-order valence-corrected chi connectivity index (χ2v) is 10.9. The van der Waals surface area contributed by atoms with Crippen LogP contribution < -0.4 is 9.47 Å². The quantitative estimate of drug-likeness (QED) is 0.315. The lowest BCUT2D eigenvalue weighted by Gasteiger charge is -2.29. The number of hydrogen-bond acceptors (Lipinski definition) is 6. The topological polar surface area (TPSA) is 76.2 Å². The molecule has 2 heterocycles. The zero-order valence-corrected chi connectivity index (χ0v) is 23.4. The molecule has 200 valence electrons. The highest BCUT2D eigenvalue weighted by molar-refractivity contribution is 9.10. The third-order valence-electron chi connectivity index (χ3n) is 6.50. The van der Waals surface area contributed by atoms with E-state index < -0.39 is 11.1 Å². The molecule has 3 aromatic rings. The van der Waals surface area contributed by atoms with E-state index in [-0.39, 0.29) is 29.8 Å². The van der Waals surface area contributed by atoms with Gasteiger partial charge in [0.1, 0.15) is 19.0 Å². The van der Waals surface area contributed by atoms with E-state index in [0.29, 0.717) is 34.6 Å². The van der Waals surface area contributed by atoms with Crippen LogP contribution in [-0.2, 0) is 29.2 Å². The number of carbonyl (C=O) groups is 3. The van der Waals surface area contributed by atoms with Crippen molar-refractivity contribution in [3.05, 3.63) is 98.1 Å². The number of imide groups is 1. The molecule has 5 rings (SSSR count). The van der Waals surface area contributed by atoms with E-state index in [1.807, 2.05) is 18.2 Å². The lowest BCUT2D eigenvalue weighted by Crippen LogP contribution is -2.44. The van der Waals surface area contributed by atoms with Gasteiger partial charge in [0, 0.05) is 13.1 Å². The van der Waals surface area contributed by atoms with Crippen molar-refractivity contribution in [1.29, 1.82) is 0 Å². The van der Waals surface area contributed by atoms with E-state index in [0.717, 1.165) is 34.2 Å². The smallest absolute Gasteiger partial charge is 0.294 e. The fourth-order valence-corrected chi connectivity index (χ4v) is 5.84. The molecule has 10 heteroatoms. The van der Waals surface area contributed by atoms with Gasteiger partial charge in [0.2, 0.25) is 5.91 Å². The van der Waals surface area contributed by atoms with Crippen molar-refractivity contribution in [1.82, 2.24) is 9.80 Å². The summed E-state index contributed by atoms with van der Waals surface area (Å²) in [6.07, 6.45) is 2.33. The van der Waals surface area contributed by atoms with Gasteiger partial charge in [0.25, 0.3) is 11.1 Å². The fourth-order valence-electron chi connectivity index (χ4n) is 4.43. The summed E-state index contributed by atoms with van der Waals surface area (Å²) < 4.78 is 25.1. The SMILES string of the molecule is COc1cc(/C=C2/SC(=O)N(CC(=O)N3CCc4ccccc4C3)C2=O)cc(Br)c1OCc1ccc(F)cc1. The van der Waals surface area contributed by atoms with Crippen LogP contribution in [0.25, 0.3) is 6.08 Å². The van der Waals surface area contributed by atoms with Crippen LogP contribution in [0.15, 0.2) is 70.0 Å². The molecule has 0 radical (unpaired) electrons. The van der Waals surface area contributed by atoms with Crippen LogP contribution in [-0.4, -0.2) is 47.1 Å². The maximum atomic E-state index is 13.2. The number of halogens is 2. The van der Waals surface area contributed by atoms with Crippen LogP contribution in [0, 0.1) is 5.82 Å². The predicted octanol–water partition coefficient (Wildman–Crippen LogP) is 5.80. The number of ether oxygens (including phenoxy) is 2. The first-order valence-electron chi connectivity index (χ1n) is 12.2. The minimum Gasteiger partial charge on any atom is -0.493 e. The lowest BCUT2D eigenvalue weighted by atomic mass is 10.00. The molecule has 1 saturated heterocycles. The van der Waals surface area contributed by atoms with E-state index >= 15 is 0 Å². The highest BCUT2D eigenvalue weighted by atomic mass is 79.9. The summed E-state index contributed by atoms with van der Waals surface area (Å²) in [5, 5.41) is -0.484. The molecular weight excluding hydrogens is 587 g/mol. The van der Waals surface area contributed by atoms with Gasteiger partial charge >= 0.3 is 0 Å². The molecule has 0 aromatic heterocycles. The van der Waals surface area contributed by atoms with Gasteiger partial charge in [-0.25, -0.2) is 4.39 Å². The monoisotopic (exact) mass is 610 g/mol. The Morgan fingerprint density at radius 3 is 2.59 bits per heavy atom. The third-order valence-corrected chi connectivity index (χ3v) is 7.99. The second kappa shape index (κ2) is 11.6. The molecule has 2 aliphatic heterocycles. The molecule has 2 aliphatic rings. The normalized spacial score (nSPS) is 16.0. The minimum atomic E-state index is -0.512. The molecule has 3 aromatic carbocycles. The zero-order chi connectivity index (χ0) is 27.5. The average molecular weight is 611 g/mol. The van der Waals surface area contributed by atoms with Gasteiger partial charge in [-0.2, -0.15) is 0 Å². The van der Waals surface area contributed by atoms with Crippen molar-refractivity contribution in [3.8, 4) is 11.5 Å². The largest absolute Gasteiger partial charge is 0.493 e. The van der Waals surface area contributed by atoms with Crippen molar-refractivity contribution in [2.45, 2.75) is 19.6 Å². The molecule has 0 bridgehead atoms. The molecular formula is C29H24BrFN2O5S. The number of fused-ring (bicyclic) bond motifs is 1. The second-order valence-electron chi connectivity index (χ2n) is 9.05. The highest BCUT2D eigenvalue weighted by Crippen LogP contribution is 2.39. The maximum absolute atomic E-state index is 13.2. The van der Waals surface area contributed by atoms with E-state index in [1.165, 1.54) is 24.8 Å². The van der Waals surface area contributed by atoms with Crippen LogP contribution in [0.2, 0.25) is 0 Å². The fraction of sp³-hybridized carbons (Fsp3) is 0.207. The van der Waals surface area contributed by atoms with Gasteiger partial charge in [-0.15, -0.1) is 0 Å². The Bertz CT molecular complexity index is 1480. The summed E-state index contributed by atoms with van der Waals surface area (Å²) in [5.41, 5.74) is 3.68. The summed E-state index contributed by atoms with van der Waals surface area (Å²) >= 11 is 4.28. The molecule has 0 saturated carbocycles. The van der Waals surface area contributed by atoms with Crippen molar-refractivity contribution >= 4 is 50.8 Å². The van der Waals surface area contributed by atoms with Crippen molar-refractivity contribution in [2.75, 3.05) is 20.2 Å². The number of hydrogen-bond donors (Lipinski definition) is 0. The molecule has 0 atom stereocenters. The number of methoxy groups -OCH3 is 1. The molecule has 0 spiro atoms. The van der Waals surface area contributed by atoms with Gasteiger partial charge in [-0.3, -0.25) is 19.3 Å². The Morgan fingerprint density at radius 1 is 1.10 bits per heavy atom. The minimum absolute atomic E-state index is 0.199. The summed E-state index contributed by atoms with van der Waals surface area (Å²) in [5.74, 6) is -0.242. The van der Waals surface area contributed by atoms with Crippen LogP contribution in [0.4, 0.5) is 9.18 Å². The maximum Gasteiger partial charge on any atom is 0.294 e. The Kier molecular flexibility index (Phi) is 8.04. The summed E-state index contributed by atoms with van der Waals surface area (Å²) in [6, 6.07) is 17.4. The molecule has 3 amide bonds. The Hall–Kier alpha value is -3.63. The summed E-state index contributed by atoms with van der Waals surface area (Å²) in [6.45, 7) is 0.910. The first kappa shape index (κ1) is 27.0. The molecule has 39 heavy (non-hydrogen) atoms. The van der Waals surface area contributed by atoms with Crippen LogP contribution in [0.3, 0.4) is 0 Å². The number of thioether (sulfide) groups is 1. The Balaban J connectivity index is 1.27. The molecule has 0 unspecified atom stereocenters. The molecule has 7 nitrogen and oxygen atoms in total. The summed E-state index contributed by atoms with van der Waals surface area (Å²) in [7, 11) is 1.49. The number of benzene rings is 3. The first-order valence-corrected chi connectivity index (χ1v) is 13.8. The van der Waals surface area contributed by atoms with Crippen molar-refractivity contribution in [2.24, 2.45) is 0 Å². The van der Waals surface area contributed by atoms with Crippen LogP contribution in [0.5, 0.6) is 11.5 Å². The number of rotatable bonds is 7. The lowest BCUT2D eigenvalue weighted by molar-refractivity contribution is -0.136. The average Bonchev–Trinajstić information content (AvgIpc) is 3.19. The Labute approximate surface area is 237 Å². The van der Waals surface area contributed by atoms with E-state index in [1.54, 1.807) is 35.2 Å². The Morgan fingerprint density at radius 2 is 1.85 bits per heavy atom. The highest BCUT2D eigenvalue weighted by Gasteiger charge is 2.37. The number of carbonyl (C=O) groups excluding carboxylic acids is 3. The standard InChI is InChI=1S/C29H24BrFN2O5S/c1-37-24-13-19(12-23(30)27(24)38-17-18-6-8-22(31)9-7-18)14-25-28(35)33(29(36)39-25)16-26(34)32-11-10-20-4-2-3-5-21(20)15-32/h2-9,12-14H,10-11,15-17H2,1H3/b25-14+. The van der Waals surface area contributed by atoms with E-state index in [2.05, 4.69) is 22.0 Å². The van der Waals surface area contributed by atoms with Gasteiger partial charge in [-0.1, -0.05) is 36.4 Å². The molecule has 0 N–H and O–H groups in total. The predicted molar refractivity (Wildman–Crippen MR) is 150 cm³/mol. The van der Waals surface area contributed by atoms with Gasteiger partial charge in [0.05, 0.1) is 16.5 Å². The zero-order valence-electron chi connectivity index (χ0n) is 21.0. The van der Waals surface area contributed by atoms with Crippen LogP contribution >= 0.6 is 27.7 Å². The van der Waals surface area contributed by atoms with Crippen molar-refractivity contribution in [3.63, 3.8) is 0 Å². The first-order chi connectivity index (χ1) is 18.8. The third kappa shape index (κ3) is 6.02. The summed E-state index contributed by atoms with van der Waals surface area (Å²) in [4.78, 5) is 41.6. The number of amides is 3. The van der Waals surface area contributed by atoms with E-state index in [4.69, 9.17) is 9.47 Å². The van der Waals surface area contributed by atoms with E-state index in [9.17, 15) is 18.8 Å². The molecule has 1 fully saturated rings. The van der Waals surface area contributed by atoms with Gasteiger partial charge in [-0.05, 0) is 86.7 Å². The van der Waals surface area contributed by atoms with Gasteiger partial charge < -0.3 is 14.4 Å².